The van der Waals surface area contributed by atoms with E-state index in [1.807, 2.05) is 0 Å². The van der Waals surface area contributed by atoms with E-state index in [1.54, 1.807) is 35.9 Å². The molecule has 3 aromatic rings. The number of hydrogen-bond donors (Lipinski definition) is 0. The number of hydrogen-bond acceptors (Lipinski definition) is 7. The number of anilines is 1. The predicted molar refractivity (Wildman–Crippen MR) is 115 cm³/mol. The average molecular weight is 514 g/mol. The maximum Gasteiger partial charge on any atom is 0.332 e. The molecule has 4 heterocycles. The summed E-state index contributed by atoms with van der Waals surface area (Å²) in [4.78, 5) is 54.8. The van der Waals surface area contributed by atoms with Gasteiger partial charge in [0.25, 0.3) is 11.1 Å². The first-order valence-electron chi connectivity index (χ1n) is 8.78. The molecule has 0 bridgehead atoms. The van der Waals surface area contributed by atoms with Gasteiger partial charge < -0.3 is 7.68 Å². The molecule has 0 unspecified atom stereocenters. The van der Waals surface area contributed by atoms with Crippen molar-refractivity contribution in [1.29, 1.82) is 0 Å². The van der Waals surface area contributed by atoms with Gasteiger partial charge in [0.05, 0.1) is 6.33 Å². The van der Waals surface area contributed by atoms with Gasteiger partial charge in [-0.15, -0.1) is 0 Å². The van der Waals surface area contributed by atoms with E-state index in [1.165, 1.54) is 15.5 Å². The van der Waals surface area contributed by atoms with Crippen LogP contribution in [0.15, 0.2) is 28.7 Å². The van der Waals surface area contributed by atoms with E-state index < -0.39 is 43.8 Å². The fourth-order valence-corrected chi connectivity index (χ4v) is 5.13. The fraction of sp³-hybridized carbons (Fsp3) is 0.438. The highest BCUT2D eigenvalue weighted by Crippen LogP contribution is 2.36. The van der Waals surface area contributed by atoms with Crippen LogP contribution in [0.2, 0.25) is 0 Å². The third kappa shape index (κ3) is 2.82. The Balaban J connectivity index is 1.69. The Morgan fingerprint density at radius 3 is 2.21 bits per heavy atom. The van der Waals surface area contributed by atoms with Crippen LogP contribution in [0.1, 0.15) is 6.42 Å². The molecule has 0 aliphatic carbocycles. The van der Waals surface area contributed by atoms with Crippen LogP contribution >= 0.6 is 21.3 Å². The minimum Gasteiger partial charge on any atom is -0.328 e. The van der Waals surface area contributed by atoms with Gasteiger partial charge in [0.1, 0.15) is 21.3 Å². The zero-order valence-electron chi connectivity index (χ0n) is 16.3. The Morgan fingerprint density at radius 2 is 1.52 bits per heavy atom. The van der Waals surface area contributed by atoms with Gasteiger partial charge in [-0.2, -0.15) is 3.15 Å². The van der Waals surface area contributed by atoms with Crippen LogP contribution < -0.4 is 25.6 Å². The van der Waals surface area contributed by atoms with Crippen LogP contribution in [0.25, 0.3) is 11.2 Å². The molecule has 154 valence electrons. The van der Waals surface area contributed by atoms with Gasteiger partial charge in [-0.1, -0.05) is 0 Å². The van der Waals surface area contributed by atoms with Gasteiger partial charge in [-0.05, 0) is 6.42 Å². The molecule has 0 saturated carbocycles. The summed E-state index contributed by atoms with van der Waals surface area (Å²) < 4.78 is 12.6. The zero-order valence-corrected chi connectivity index (χ0v) is 18.4. The summed E-state index contributed by atoms with van der Waals surface area (Å²) in [6.45, 7) is 0.163. The lowest BCUT2D eigenvalue weighted by molar-refractivity contribution is 0.499. The van der Waals surface area contributed by atoms with E-state index in [4.69, 9.17) is 0 Å². The molecule has 13 heteroatoms. The second-order valence-electron chi connectivity index (χ2n) is 6.79. The molecule has 0 fully saturated rings. The molecule has 0 N–H and O–H groups in total. The number of fused-ring (bicyclic) bond motifs is 2. The first-order valence-corrected chi connectivity index (χ1v) is 10.7. The molecule has 1 aliphatic heterocycles. The Hall–Kier alpha value is -2.84. The van der Waals surface area contributed by atoms with E-state index >= 15 is 0 Å². The Bertz CT molecular complexity index is 1420. The minimum atomic E-state index is -0.701. The Labute approximate surface area is 173 Å². The van der Waals surface area contributed by atoms with Crippen LogP contribution in [-0.2, 0) is 34.2 Å². The van der Waals surface area contributed by atoms with Crippen molar-refractivity contribution in [2.24, 2.45) is 24.3 Å². The van der Waals surface area contributed by atoms with E-state index in [9.17, 15) is 19.2 Å². The fourth-order valence-electron chi connectivity index (χ4n) is 3.42. The maximum atomic E-state index is 12.8. The van der Waals surface area contributed by atoms with Crippen molar-refractivity contribution in [3.8, 4) is 0 Å². The molecule has 12 nitrogen and oxygen atoms in total. The molecular weight excluding hydrogens is 495 g/mol. The van der Waals surface area contributed by atoms with Crippen molar-refractivity contribution in [3.63, 3.8) is 0 Å². The van der Waals surface area contributed by atoms with Crippen LogP contribution in [-0.4, -0.2) is 34.9 Å². The average Bonchev–Trinajstić information content (AvgIpc) is 3.26. The quantitative estimate of drug-likeness (QED) is 0.343. The number of halogens is 1. The van der Waals surface area contributed by atoms with Crippen molar-refractivity contribution < 1.29 is 0 Å². The largest absolute Gasteiger partial charge is 0.332 e. The second-order valence-corrected chi connectivity index (χ2v) is 9.15. The lowest BCUT2D eigenvalue weighted by atomic mass is 10.3. The standard InChI is InChI=1S/C16H19IN8O4/c1-20-8-18-11-9(20)13(26)24(15(28)21(11)2)6-5-7-25-14(27)10-12(19-17-23(10)4)22(3)16(25)29/h8H,5-7H2,1-4H3. The van der Waals surface area contributed by atoms with Crippen LogP contribution in [0.5, 0.6) is 0 Å². The summed E-state index contributed by atoms with van der Waals surface area (Å²) in [5, 5.41) is 0. The summed E-state index contributed by atoms with van der Waals surface area (Å²) in [5.41, 5.74) is -0.723. The summed E-state index contributed by atoms with van der Waals surface area (Å²) in [6, 6.07) is 0. The smallest absolute Gasteiger partial charge is 0.328 e. The van der Waals surface area contributed by atoms with E-state index in [0.717, 1.165) is 9.13 Å². The minimum absolute atomic E-state index is 0.0758. The second kappa shape index (κ2) is 6.89. The van der Waals surface area contributed by atoms with Gasteiger partial charge in [-0.25, -0.2) is 14.6 Å². The highest BCUT2D eigenvalue weighted by atomic mass is 127. The highest BCUT2D eigenvalue weighted by molar-refractivity contribution is 14.2. The molecule has 0 aromatic carbocycles. The molecule has 3 aromatic heterocycles. The van der Waals surface area contributed by atoms with E-state index in [-0.39, 0.29) is 19.5 Å². The summed E-state index contributed by atoms with van der Waals surface area (Å²) in [6.07, 6.45) is 1.75. The van der Waals surface area contributed by atoms with Crippen molar-refractivity contribution in [2.45, 2.75) is 19.5 Å². The van der Waals surface area contributed by atoms with E-state index in [2.05, 4.69) is 8.13 Å². The number of imidazole rings is 1. The molecule has 29 heavy (non-hydrogen) atoms. The van der Waals surface area contributed by atoms with Gasteiger partial charge in [0, 0.05) is 41.3 Å². The molecule has 0 spiro atoms. The van der Waals surface area contributed by atoms with Crippen LogP contribution in [0.4, 0.5) is 11.5 Å². The number of aromatic nitrogens is 6. The molecule has 0 amide bonds. The van der Waals surface area contributed by atoms with E-state index in [0.29, 0.717) is 22.7 Å². The lowest BCUT2D eigenvalue weighted by Crippen LogP contribution is -2.42. The molecule has 0 saturated heterocycles. The predicted octanol–water partition coefficient (Wildman–Crippen LogP) is -0.465. The third-order valence-corrected chi connectivity index (χ3v) is 6.80. The Kier molecular flexibility index (Phi) is 4.63. The van der Waals surface area contributed by atoms with Crippen LogP contribution in [0, 0.1) is 0 Å². The first-order chi connectivity index (χ1) is 13.7. The monoisotopic (exact) mass is 514 g/mol. The van der Waals surface area contributed by atoms with Crippen molar-refractivity contribution >= 4 is 44.0 Å². The van der Waals surface area contributed by atoms with Gasteiger partial charge in [-0.3, -0.25) is 27.9 Å². The van der Waals surface area contributed by atoms with Crippen LogP contribution in [0.3, 0.4) is 0 Å². The van der Waals surface area contributed by atoms with Crippen molar-refractivity contribution in [2.75, 3.05) is 10.2 Å². The third-order valence-electron chi connectivity index (χ3n) is 5.00. The van der Waals surface area contributed by atoms with Gasteiger partial charge in [0.2, 0.25) is 0 Å². The molecular formula is C16H19IN8O4. The topological polar surface area (TPSA) is 121 Å². The molecule has 4 rings (SSSR count). The SMILES string of the molecule is CN1I=Nc2c1c(=O)n(CCCn1c(=O)c3c(ncn3C)n(C)c1=O)c(=O)n2C. The van der Waals surface area contributed by atoms with Gasteiger partial charge >= 0.3 is 11.4 Å². The Morgan fingerprint density at radius 1 is 0.897 bits per heavy atom. The summed E-state index contributed by atoms with van der Waals surface area (Å²) in [7, 11) is 6.60. The van der Waals surface area contributed by atoms with Crippen molar-refractivity contribution in [3.05, 3.63) is 48.0 Å². The first kappa shape index (κ1) is 19.5. The highest BCUT2D eigenvalue weighted by Gasteiger charge is 2.24. The lowest BCUT2D eigenvalue weighted by Gasteiger charge is -2.13. The maximum absolute atomic E-state index is 12.8. The van der Waals surface area contributed by atoms with Crippen molar-refractivity contribution in [1.82, 2.24) is 27.8 Å². The summed E-state index contributed by atoms with van der Waals surface area (Å²) in [5.74, 6) is 0.415. The normalized spacial score (nSPS) is 13.2. The summed E-state index contributed by atoms with van der Waals surface area (Å²) >= 11 is -0.701. The van der Waals surface area contributed by atoms with Gasteiger partial charge in [0.15, 0.2) is 22.7 Å². The number of nitrogens with zero attached hydrogens (tertiary/aromatic N) is 8. The number of rotatable bonds is 4. The molecule has 0 atom stereocenters. The zero-order chi connectivity index (χ0) is 21.0. The molecule has 0 radical (unpaired) electrons. The molecule has 1 aliphatic rings. The number of aryl methyl sites for hydroxylation is 2.